The van der Waals surface area contributed by atoms with Gasteiger partial charge in [0.05, 0.1) is 10.2 Å². The molecule has 0 saturated carbocycles. The third-order valence-corrected chi connectivity index (χ3v) is 7.39. The van der Waals surface area contributed by atoms with Crippen LogP contribution in [0.2, 0.25) is 0 Å². The van der Waals surface area contributed by atoms with Crippen LogP contribution < -0.4 is 0 Å². The zero-order chi connectivity index (χ0) is 14.1. The van der Waals surface area contributed by atoms with Crippen LogP contribution >= 0.6 is 33.1 Å². The maximum absolute atomic E-state index is 4.68. The topological polar surface area (TPSA) is 16.1 Å². The molecule has 5 heteroatoms. The summed E-state index contributed by atoms with van der Waals surface area (Å²) >= 11 is 1.78. The first-order chi connectivity index (χ1) is 10.4. The van der Waals surface area contributed by atoms with Crippen LogP contribution in [0, 0.1) is 0 Å². The maximum atomic E-state index is 4.68. The van der Waals surface area contributed by atoms with Crippen LogP contribution in [0.1, 0.15) is 11.1 Å². The predicted octanol–water partition coefficient (Wildman–Crippen LogP) is 5.01. The third kappa shape index (κ3) is 2.97. The van der Waals surface area contributed by atoms with E-state index in [1.165, 1.54) is 15.8 Å². The number of hydrogen-bond acceptors (Lipinski definition) is 5. The van der Waals surface area contributed by atoms with Crippen LogP contribution in [0.5, 0.6) is 0 Å². The summed E-state index contributed by atoms with van der Waals surface area (Å²) in [5.74, 6) is 0. The molecule has 2 nitrogen and oxygen atoms in total. The van der Waals surface area contributed by atoms with Crippen molar-refractivity contribution in [2.75, 3.05) is 6.54 Å². The van der Waals surface area contributed by atoms with Crippen molar-refractivity contribution < 1.29 is 0 Å². The van der Waals surface area contributed by atoms with Gasteiger partial charge >= 0.3 is 0 Å². The van der Waals surface area contributed by atoms with Crippen molar-refractivity contribution in [3.63, 3.8) is 0 Å². The Hall–Kier alpha value is -1.01. The second-order valence-electron chi connectivity index (χ2n) is 4.99. The number of nitrogens with zero attached hydrogens (tertiary/aromatic N) is 2. The Morgan fingerprint density at radius 1 is 1.00 bits per heavy atom. The highest BCUT2D eigenvalue weighted by Crippen LogP contribution is 2.40. The summed E-state index contributed by atoms with van der Waals surface area (Å²) in [6.07, 6.45) is 1.14. The van der Waals surface area contributed by atoms with E-state index >= 15 is 0 Å². The molecule has 2 heterocycles. The minimum atomic E-state index is 1.03. The zero-order valence-electron chi connectivity index (χ0n) is 11.4. The van der Waals surface area contributed by atoms with Crippen LogP contribution in [0.25, 0.3) is 10.2 Å². The van der Waals surface area contributed by atoms with Crippen molar-refractivity contribution in [1.82, 2.24) is 9.29 Å². The molecule has 0 fully saturated rings. The van der Waals surface area contributed by atoms with E-state index in [-0.39, 0.29) is 0 Å². The van der Waals surface area contributed by atoms with Gasteiger partial charge in [-0.3, -0.25) is 0 Å². The normalized spacial score (nSPS) is 15.2. The summed E-state index contributed by atoms with van der Waals surface area (Å²) in [4.78, 5) is 4.68. The fourth-order valence-corrected chi connectivity index (χ4v) is 5.85. The van der Waals surface area contributed by atoms with Crippen LogP contribution in [0.15, 0.2) is 52.9 Å². The Morgan fingerprint density at radius 3 is 2.71 bits per heavy atom. The quantitative estimate of drug-likeness (QED) is 0.495. The molecule has 0 N–H and O–H groups in total. The van der Waals surface area contributed by atoms with Crippen LogP contribution in [-0.2, 0) is 13.0 Å². The van der Waals surface area contributed by atoms with Crippen LogP contribution in [0.4, 0.5) is 0 Å². The monoisotopic (exact) mass is 330 g/mol. The molecule has 1 aliphatic rings. The first kappa shape index (κ1) is 13.6. The number of para-hydroxylation sites is 1. The van der Waals surface area contributed by atoms with E-state index in [2.05, 4.69) is 51.8 Å². The summed E-state index contributed by atoms with van der Waals surface area (Å²) in [5.41, 5.74) is 4.06. The molecule has 4 rings (SSSR count). The molecule has 21 heavy (non-hydrogen) atoms. The minimum absolute atomic E-state index is 1.03. The van der Waals surface area contributed by atoms with E-state index in [1.807, 2.05) is 17.0 Å². The Morgan fingerprint density at radius 2 is 1.81 bits per heavy atom. The van der Waals surface area contributed by atoms with Gasteiger partial charge in [-0.25, -0.2) is 9.29 Å². The lowest BCUT2D eigenvalue weighted by atomic mass is 10.0. The molecule has 0 saturated heterocycles. The van der Waals surface area contributed by atoms with E-state index < -0.39 is 0 Å². The standard InChI is InChI=1S/C16H14N2S3/c1-2-6-13-11-18(10-9-12(13)5-1)21-20-16-17-14-7-3-4-8-15(14)19-16/h1-8H,9-11H2. The summed E-state index contributed by atoms with van der Waals surface area (Å²) in [5, 5.41) is 0. The first-order valence-electron chi connectivity index (χ1n) is 6.90. The van der Waals surface area contributed by atoms with Crippen molar-refractivity contribution in [3.8, 4) is 0 Å². The predicted molar refractivity (Wildman–Crippen MR) is 93.6 cm³/mol. The van der Waals surface area contributed by atoms with Gasteiger partial charge in [0.15, 0.2) is 4.34 Å². The largest absolute Gasteiger partial charge is 0.236 e. The average molecular weight is 331 g/mol. The second kappa shape index (κ2) is 6.01. The Balaban J connectivity index is 1.43. The number of benzene rings is 2. The molecule has 106 valence electrons. The van der Waals surface area contributed by atoms with Gasteiger partial charge in [-0.15, -0.1) is 11.3 Å². The van der Waals surface area contributed by atoms with Gasteiger partial charge in [-0.1, -0.05) is 36.4 Å². The highest BCUT2D eigenvalue weighted by molar-refractivity contribution is 8.76. The summed E-state index contributed by atoms with van der Waals surface area (Å²) in [6.45, 7) is 2.14. The minimum Gasteiger partial charge on any atom is -0.236 e. The van der Waals surface area contributed by atoms with E-state index in [0.717, 1.165) is 29.4 Å². The number of thiazole rings is 1. The fraction of sp³-hybridized carbons (Fsp3) is 0.188. The molecule has 1 aliphatic heterocycles. The van der Waals surface area contributed by atoms with Crippen molar-refractivity contribution in [1.29, 1.82) is 0 Å². The second-order valence-corrected chi connectivity index (χ2v) is 8.44. The lowest BCUT2D eigenvalue weighted by Crippen LogP contribution is -2.23. The van der Waals surface area contributed by atoms with Gasteiger partial charge in [0.1, 0.15) is 0 Å². The number of rotatable bonds is 3. The molecule has 1 aromatic heterocycles. The zero-order valence-corrected chi connectivity index (χ0v) is 13.8. The van der Waals surface area contributed by atoms with Gasteiger partial charge in [-0.2, -0.15) is 0 Å². The number of hydrogen-bond donors (Lipinski definition) is 0. The lowest BCUT2D eigenvalue weighted by molar-refractivity contribution is 0.448. The summed E-state index contributed by atoms with van der Waals surface area (Å²) in [7, 11) is 3.60. The van der Waals surface area contributed by atoms with E-state index in [0.29, 0.717) is 0 Å². The molecule has 0 amide bonds. The number of fused-ring (bicyclic) bond motifs is 2. The van der Waals surface area contributed by atoms with Gasteiger partial charge in [0.25, 0.3) is 0 Å². The van der Waals surface area contributed by atoms with E-state index in [9.17, 15) is 0 Å². The number of aromatic nitrogens is 1. The molecule has 0 spiro atoms. The van der Waals surface area contributed by atoms with Crippen LogP contribution in [-0.4, -0.2) is 15.8 Å². The molecular weight excluding hydrogens is 316 g/mol. The maximum Gasteiger partial charge on any atom is 0.162 e. The molecule has 0 aliphatic carbocycles. The van der Waals surface area contributed by atoms with E-state index in [4.69, 9.17) is 0 Å². The summed E-state index contributed by atoms with van der Waals surface area (Å²) in [6, 6.07) is 17.1. The molecule has 0 radical (unpaired) electrons. The summed E-state index contributed by atoms with van der Waals surface area (Å²) < 4.78 is 4.84. The van der Waals surface area contributed by atoms with Gasteiger partial charge < -0.3 is 0 Å². The lowest BCUT2D eigenvalue weighted by Gasteiger charge is -2.26. The van der Waals surface area contributed by atoms with Gasteiger partial charge in [0.2, 0.25) is 0 Å². The smallest absolute Gasteiger partial charge is 0.162 e. The SMILES string of the molecule is c1ccc2c(c1)CCN(SSc1nc3ccccc3s1)C2. The van der Waals surface area contributed by atoms with Crippen molar-refractivity contribution in [2.24, 2.45) is 0 Å². The van der Waals surface area contributed by atoms with Crippen molar-refractivity contribution >= 4 is 43.3 Å². The highest BCUT2D eigenvalue weighted by atomic mass is 33.1. The molecule has 3 aromatic rings. The average Bonchev–Trinajstić information content (AvgIpc) is 2.95. The molecule has 0 bridgehead atoms. The molecule has 2 aromatic carbocycles. The molecular formula is C16H14N2S3. The third-order valence-electron chi connectivity index (χ3n) is 3.58. The Labute approximate surface area is 136 Å². The first-order valence-corrected chi connectivity index (χ1v) is 9.83. The fourth-order valence-electron chi connectivity index (χ4n) is 2.50. The highest BCUT2D eigenvalue weighted by Gasteiger charge is 2.17. The Kier molecular flexibility index (Phi) is 3.90. The molecule has 0 atom stereocenters. The van der Waals surface area contributed by atoms with Crippen molar-refractivity contribution in [3.05, 3.63) is 59.7 Å². The molecule has 0 unspecified atom stereocenters. The van der Waals surface area contributed by atoms with Crippen LogP contribution in [0.3, 0.4) is 0 Å². The van der Waals surface area contributed by atoms with Gasteiger partial charge in [-0.05, 0) is 51.5 Å². The van der Waals surface area contributed by atoms with Gasteiger partial charge in [0, 0.05) is 13.1 Å². The van der Waals surface area contributed by atoms with E-state index in [1.54, 1.807) is 22.1 Å². The Bertz CT molecular complexity index is 736. The van der Waals surface area contributed by atoms with Crippen molar-refractivity contribution in [2.45, 2.75) is 17.3 Å².